The molecule has 1 unspecified atom stereocenters. The average molecular weight is 364 g/mol. The highest BCUT2D eigenvalue weighted by molar-refractivity contribution is 5.66. The largest absolute Gasteiger partial charge is 0.312 e. The van der Waals surface area contributed by atoms with Gasteiger partial charge in [-0.1, -0.05) is 36.8 Å². The summed E-state index contributed by atoms with van der Waals surface area (Å²) in [4.78, 5) is 2.63. The molecule has 1 saturated heterocycles. The second kappa shape index (κ2) is 8.59. The number of hydrogen-bond donors (Lipinski definition) is 1. The second-order valence-electron chi connectivity index (χ2n) is 7.48. The summed E-state index contributed by atoms with van der Waals surface area (Å²) in [7, 11) is 0. The molecule has 1 N–H and O–H groups in total. The zero-order valence-electron chi connectivity index (χ0n) is 16.0. The van der Waals surface area contributed by atoms with Gasteiger partial charge in [-0.15, -0.1) is 5.10 Å². The summed E-state index contributed by atoms with van der Waals surface area (Å²) < 4.78 is 1.77. The molecule has 6 nitrogen and oxygen atoms in total. The van der Waals surface area contributed by atoms with Crippen LogP contribution in [0.15, 0.2) is 42.6 Å². The van der Waals surface area contributed by atoms with Gasteiger partial charge in [-0.25, -0.2) is 0 Å². The van der Waals surface area contributed by atoms with E-state index in [0.29, 0.717) is 0 Å². The molecule has 1 aliphatic heterocycles. The molecule has 0 radical (unpaired) electrons. The van der Waals surface area contributed by atoms with Crippen LogP contribution in [0.3, 0.4) is 0 Å². The van der Waals surface area contributed by atoms with E-state index >= 15 is 0 Å². The molecule has 1 aliphatic rings. The van der Waals surface area contributed by atoms with Gasteiger partial charge in [-0.3, -0.25) is 0 Å². The van der Waals surface area contributed by atoms with Gasteiger partial charge in [0.25, 0.3) is 0 Å². The van der Waals surface area contributed by atoms with Crippen molar-refractivity contribution in [2.24, 2.45) is 0 Å². The Bertz CT molecular complexity index is 859. The average Bonchev–Trinajstić information content (AvgIpc) is 3.18. The Morgan fingerprint density at radius 3 is 2.89 bits per heavy atom. The Balaban J connectivity index is 1.37. The Morgan fingerprint density at radius 1 is 1.15 bits per heavy atom. The standard InChI is InChI=1S/C21H28N6/c1-17-8-5-6-12-26(17)13-7-11-22-15-19-14-20(18-9-3-2-4-10-18)16-27-21(19)23-24-25-27/h2-4,9-10,14,16-17,22H,5-8,11-13,15H2,1H3. The summed E-state index contributed by atoms with van der Waals surface area (Å²) in [5.41, 5.74) is 4.27. The molecule has 0 saturated carbocycles. The predicted octanol–water partition coefficient (Wildman–Crippen LogP) is 3.15. The van der Waals surface area contributed by atoms with Crippen molar-refractivity contribution in [3.63, 3.8) is 0 Å². The zero-order valence-corrected chi connectivity index (χ0v) is 16.0. The van der Waals surface area contributed by atoms with Gasteiger partial charge < -0.3 is 10.2 Å². The van der Waals surface area contributed by atoms with Crippen molar-refractivity contribution in [3.8, 4) is 11.1 Å². The fraction of sp³-hybridized carbons (Fsp3) is 0.476. The van der Waals surface area contributed by atoms with Gasteiger partial charge in [0.15, 0.2) is 5.65 Å². The molecule has 142 valence electrons. The lowest BCUT2D eigenvalue weighted by atomic mass is 10.0. The zero-order chi connectivity index (χ0) is 18.5. The van der Waals surface area contributed by atoms with Crippen LogP contribution in [0.4, 0.5) is 0 Å². The van der Waals surface area contributed by atoms with Crippen molar-refractivity contribution in [3.05, 3.63) is 48.2 Å². The number of rotatable bonds is 7. The molecular weight excluding hydrogens is 336 g/mol. The molecule has 2 aromatic heterocycles. The van der Waals surface area contributed by atoms with E-state index in [0.717, 1.165) is 35.9 Å². The number of nitrogens with zero attached hydrogens (tertiary/aromatic N) is 5. The van der Waals surface area contributed by atoms with Crippen LogP contribution in [-0.4, -0.2) is 50.6 Å². The Kier molecular flexibility index (Phi) is 5.75. The number of aromatic nitrogens is 4. The molecule has 0 bridgehead atoms. The maximum atomic E-state index is 4.19. The lowest BCUT2D eigenvalue weighted by Crippen LogP contribution is -2.38. The quantitative estimate of drug-likeness (QED) is 0.653. The van der Waals surface area contributed by atoms with Crippen LogP contribution < -0.4 is 5.32 Å². The molecule has 0 spiro atoms. The highest BCUT2D eigenvalue weighted by atomic mass is 15.5. The summed E-state index contributed by atoms with van der Waals surface area (Å²) >= 11 is 0. The maximum absolute atomic E-state index is 4.19. The van der Waals surface area contributed by atoms with E-state index in [4.69, 9.17) is 0 Å². The fourth-order valence-electron chi connectivity index (χ4n) is 3.95. The van der Waals surface area contributed by atoms with E-state index in [1.165, 1.54) is 44.3 Å². The number of piperidine rings is 1. The molecule has 1 aromatic carbocycles. The van der Waals surface area contributed by atoms with Crippen LogP contribution >= 0.6 is 0 Å². The molecule has 1 fully saturated rings. The minimum absolute atomic E-state index is 0.739. The third-order valence-electron chi connectivity index (χ3n) is 5.53. The first kappa shape index (κ1) is 18.1. The van der Waals surface area contributed by atoms with Crippen LogP contribution in [0.2, 0.25) is 0 Å². The monoisotopic (exact) mass is 364 g/mol. The van der Waals surface area contributed by atoms with Crippen LogP contribution in [0.1, 0.15) is 38.2 Å². The third-order valence-corrected chi connectivity index (χ3v) is 5.53. The number of likely N-dealkylation sites (tertiary alicyclic amines) is 1. The first-order chi connectivity index (χ1) is 13.3. The van der Waals surface area contributed by atoms with Crippen molar-refractivity contribution >= 4 is 5.65 Å². The van der Waals surface area contributed by atoms with Gasteiger partial charge in [-0.2, -0.15) is 4.52 Å². The number of nitrogens with one attached hydrogen (secondary N) is 1. The molecule has 3 heterocycles. The maximum Gasteiger partial charge on any atom is 0.183 e. The van der Waals surface area contributed by atoms with E-state index in [9.17, 15) is 0 Å². The Morgan fingerprint density at radius 2 is 2.04 bits per heavy atom. The summed E-state index contributed by atoms with van der Waals surface area (Å²) in [5.74, 6) is 0. The van der Waals surface area contributed by atoms with E-state index in [1.54, 1.807) is 4.52 Å². The molecule has 4 rings (SSSR count). The van der Waals surface area contributed by atoms with Crippen molar-refractivity contribution < 1.29 is 0 Å². The fourth-order valence-corrected chi connectivity index (χ4v) is 3.95. The highest BCUT2D eigenvalue weighted by Crippen LogP contribution is 2.22. The van der Waals surface area contributed by atoms with Crippen molar-refractivity contribution in [1.82, 2.24) is 30.3 Å². The number of pyridine rings is 1. The van der Waals surface area contributed by atoms with Crippen LogP contribution in [0.5, 0.6) is 0 Å². The van der Waals surface area contributed by atoms with Gasteiger partial charge in [0.05, 0.1) is 0 Å². The van der Waals surface area contributed by atoms with Crippen molar-refractivity contribution in [2.45, 2.75) is 45.2 Å². The number of tetrazole rings is 1. The molecule has 6 heteroatoms. The van der Waals surface area contributed by atoms with E-state index < -0.39 is 0 Å². The summed E-state index contributed by atoms with van der Waals surface area (Å²) in [6.07, 6.45) is 7.24. The third kappa shape index (κ3) is 4.34. The van der Waals surface area contributed by atoms with Crippen LogP contribution in [0.25, 0.3) is 16.8 Å². The summed E-state index contributed by atoms with van der Waals surface area (Å²) in [5, 5.41) is 15.7. The smallest absolute Gasteiger partial charge is 0.183 e. The van der Waals surface area contributed by atoms with E-state index in [-0.39, 0.29) is 0 Å². The number of fused-ring (bicyclic) bond motifs is 1. The molecular formula is C21H28N6. The van der Waals surface area contributed by atoms with Gasteiger partial charge in [-0.05, 0) is 67.9 Å². The minimum Gasteiger partial charge on any atom is -0.312 e. The molecule has 3 aromatic rings. The normalized spacial score (nSPS) is 18.2. The highest BCUT2D eigenvalue weighted by Gasteiger charge is 2.17. The van der Waals surface area contributed by atoms with Crippen LogP contribution in [-0.2, 0) is 6.54 Å². The topological polar surface area (TPSA) is 58.4 Å². The van der Waals surface area contributed by atoms with Gasteiger partial charge in [0, 0.05) is 29.9 Å². The summed E-state index contributed by atoms with van der Waals surface area (Å²) in [6.45, 7) is 6.58. The first-order valence-corrected chi connectivity index (χ1v) is 10.0. The molecule has 0 aliphatic carbocycles. The minimum atomic E-state index is 0.739. The second-order valence-corrected chi connectivity index (χ2v) is 7.48. The molecule has 1 atom stereocenters. The van der Waals surface area contributed by atoms with Gasteiger partial charge >= 0.3 is 0 Å². The SMILES string of the molecule is CC1CCCCN1CCCNCc1cc(-c2ccccc2)cn2nnnc12. The Labute approximate surface area is 160 Å². The van der Waals surface area contributed by atoms with Crippen molar-refractivity contribution in [1.29, 1.82) is 0 Å². The predicted molar refractivity (Wildman–Crippen MR) is 107 cm³/mol. The lowest BCUT2D eigenvalue weighted by molar-refractivity contribution is 0.159. The molecule has 0 amide bonds. The van der Waals surface area contributed by atoms with Gasteiger partial charge in [0.1, 0.15) is 0 Å². The number of hydrogen-bond acceptors (Lipinski definition) is 5. The van der Waals surface area contributed by atoms with E-state index in [1.807, 2.05) is 12.3 Å². The molecule has 27 heavy (non-hydrogen) atoms. The van der Waals surface area contributed by atoms with Gasteiger partial charge in [0.2, 0.25) is 0 Å². The number of benzene rings is 1. The lowest BCUT2D eigenvalue weighted by Gasteiger charge is -2.33. The van der Waals surface area contributed by atoms with Crippen molar-refractivity contribution in [2.75, 3.05) is 19.6 Å². The van der Waals surface area contributed by atoms with E-state index in [2.05, 4.69) is 63.0 Å². The Hall–Kier alpha value is -2.31. The first-order valence-electron chi connectivity index (χ1n) is 10.0. The summed E-state index contributed by atoms with van der Waals surface area (Å²) in [6, 6.07) is 13.3. The van der Waals surface area contributed by atoms with Crippen LogP contribution in [0, 0.1) is 0 Å².